The Bertz CT molecular complexity index is 629. The molecular weight excluding hydrogens is 317 g/mol. The molecule has 0 radical (unpaired) electrons. The summed E-state index contributed by atoms with van der Waals surface area (Å²) in [7, 11) is 0. The molecule has 130 valence electrons. The number of carbonyl (C=O) groups is 2. The normalized spacial score (nSPS) is 20.3. The van der Waals surface area contributed by atoms with Crippen molar-refractivity contribution in [3.8, 4) is 5.75 Å². The van der Waals surface area contributed by atoms with E-state index in [0.717, 1.165) is 0 Å². The van der Waals surface area contributed by atoms with Crippen LogP contribution in [0.1, 0.15) is 24.8 Å². The summed E-state index contributed by atoms with van der Waals surface area (Å²) >= 11 is 0. The topological polar surface area (TPSA) is 76.1 Å². The van der Waals surface area contributed by atoms with Crippen molar-refractivity contribution >= 4 is 11.9 Å². The lowest BCUT2D eigenvalue weighted by Crippen LogP contribution is -2.49. The lowest BCUT2D eigenvalue weighted by Gasteiger charge is -2.35. The van der Waals surface area contributed by atoms with Gasteiger partial charge in [-0.3, -0.25) is 9.59 Å². The van der Waals surface area contributed by atoms with Crippen molar-refractivity contribution in [3.05, 3.63) is 29.6 Å². The number of carboxylic acids is 1. The minimum Gasteiger partial charge on any atom is -0.481 e. The number of ether oxygens (including phenoxy) is 2. The van der Waals surface area contributed by atoms with Crippen LogP contribution < -0.4 is 4.74 Å². The average Bonchev–Trinajstić information content (AvgIpc) is 3.01. The third-order valence-corrected chi connectivity index (χ3v) is 4.47. The van der Waals surface area contributed by atoms with Gasteiger partial charge in [0.15, 0.2) is 17.7 Å². The Morgan fingerprint density at radius 3 is 2.71 bits per heavy atom. The first-order valence-corrected chi connectivity index (χ1v) is 8.10. The summed E-state index contributed by atoms with van der Waals surface area (Å²) in [5.41, 5.74) is 0.665. The number of aliphatic carboxylic acids is 1. The average molecular weight is 337 g/mol. The number of para-hydroxylation sites is 1. The Hall–Kier alpha value is -2.15. The van der Waals surface area contributed by atoms with Crippen molar-refractivity contribution in [1.29, 1.82) is 0 Å². The number of halogens is 1. The summed E-state index contributed by atoms with van der Waals surface area (Å²) in [6.07, 6.45) is 0.711. The van der Waals surface area contributed by atoms with Gasteiger partial charge in [-0.1, -0.05) is 12.1 Å². The van der Waals surface area contributed by atoms with Crippen LogP contribution in [0, 0.1) is 5.82 Å². The third kappa shape index (κ3) is 3.51. The molecule has 2 aliphatic heterocycles. The fraction of sp³-hybridized carbons (Fsp3) is 0.529. The molecule has 0 spiro atoms. The van der Waals surface area contributed by atoms with Crippen molar-refractivity contribution < 1.29 is 28.6 Å². The number of amides is 1. The van der Waals surface area contributed by atoms with E-state index in [2.05, 4.69) is 0 Å². The van der Waals surface area contributed by atoms with Crippen molar-refractivity contribution in [2.75, 3.05) is 19.8 Å². The van der Waals surface area contributed by atoms with Crippen LogP contribution in [0.15, 0.2) is 18.2 Å². The summed E-state index contributed by atoms with van der Waals surface area (Å²) in [5.74, 6) is -1.59. The second kappa shape index (κ2) is 7.17. The summed E-state index contributed by atoms with van der Waals surface area (Å²) < 4.78 is 24.6. The number of fused-ring (bicyclic) bond motifs is 1. The van der Waals surface area contributed by atoms with Crippen molar-refractivity contribution in [2.24, 2.45) is 0 Å². The Balaban J connectivity index is 1.73. The molecule has 1 saturated heterocycles. The predicted octanol–water partition coefficient (Wildman–Crippen LogP) is 1.61. The Morgan fingerprint density at radius 2 is 2.04 bits per heavy atom. The molecular formula is C17H20FNO5. The van der Waals surface area contributed by atoms with Gasteiger partial charge in [0.1, 0.15) is 0 Å². The van der Waals surface area contributed by atoms with Gasteiger partial charge in [0.25, 0.3) is 5.91 Å². The Labute approximate surface area is 139 Å². The van der Waals surface area contributed by atoms with Gasteiger partial charge < -0.3 is 19.5 Å². The molecule has 1 atom stereocenters. The first-order valence-electron chi connectivity index (χ1n) is 8.10. The van der Waals surface area contributed by atoms with E-state index in [-0.39, 0.29) is 30.7 Å². The van der Waals surface area contributed by atoms with E-state index < -0.39 is 17.9 Å². The molecule has 0 unspecified atom stereocenters. The molecule has 0 bridgehead atoms. The maximum atomic E-state index is 13.8. The SMILES string of the molecule is O=C(O)CCN(C(=O)[C@H]1Cc2cccc(F)c2O1)C1CCOCC1. The summed E-state index contributed by atoms with van der Waals surface area (Å²) in [6.45, 7) is 1.21. The number of rotatable bonds is 5. The second-order valence-electron chi connectivity index (χ2n) is 6.06. The molecule has 0 saturated carbocycles. The molecule has 3 rings (SSSR count). The summed E-state index contributed by atoms with van der Waals surface area (Å²) in [4.78, 5) is 25.4. The maximum Gasteiger partial charge on any atom is 0.305 e. The summed E-state index contributed by atoms with van der Waals surface area (Å²) in [5, 5.41) is 8.94. The molecule has 1 fully saturated rings. The highest BCUT2D eigenvalue weighted by Crippen LogP contribution is 2.32. The van der Waals surface area contributed by atoms with E-state index in [4.69, 9.17) is 14.6 Å². The zero-order chi connectivity index (χ0) is 17.1. The molecule has 6 nitrogen and oxygen atoms in total. The van der Waals surface area contributed by atoms with Crippen LogP contribution in [-0.4, -0.2) is 53.8 Å². The monoisotopic (exact) mass is 337 g/mol. The molecule has 24 heavy (non-hydrogen) atoms. The first kappa shape index (κ1) is 16.7. The van der Waals surface area contributed by atoms with Crippen molar-refractivity contribution in [3.63, 3.8) is 0 Å². The fourth-order valence-electron chi connectivity index (χ4n) is 3.24. The minimum atomic E-state index is -0.957. The van der Waals surface area contributed by atoms with Crippen LogP contribution >= 0.6 is 0 Å². The number of carboxylic acid groups (broad SMARTS) is 1. The van der Waals surface area contributed by atoms with E-state index in [1.54, 1.807) is 17.0 Å². The van der Waals surface area contributed by atoms with E-state index in [1.165, 1.54) is 6.07 Å². The van der Waals surface area contributed by atoms with Gasteiger partial charge in [0.2, 0.25) is 0 Å². The highest BCUT2D eigenvalue weighted by atomic mass is 19.1. The molecule has 1 aromatic carbocycles. The van der Waals surface area contributed by atoms with Gasteiger partial charge in [-0.15, -0.1) is 0 Å². The molecule has 1 N–H and O–H groups in total. The molecule has 0 aromatic heterocycles. The summed E-state index contributed by atoms with van der Waals surface area (Å²) in [6, 6.07) is 4.56. The van der Waals surface area contributed by atoms with Crippen molar-refractivity contribution in [1.82, 2.24) is 4.90 Å². The van der Waals surface area contributed by atoms with Crippen LogP contribution in [0.25, 0.3) is 0 Å². The lowest BCUT2D eigenvalue weighted by atomic mass is 10.0. The molecule has 0 aliphatic carbocycles. The first-order chi connectivity index (χ1) is 11.6. The predicted molar refractivity (Wildman–Crippen MR) is 82.3 cm³/mol. The van der Waals surface area contributed by atoms with Gasteiger partial charge in [-0.2, -0.15) is 0 Å². The number of nitrogens with zero attached hydrogens (tertiary/aromatic N) is 1. The fourth-order valence-corrected chi connectivity index (χ4v) is 3.24. The molecule has 2 aliphatic rings. The van der Waals surface area contributed by atoms with E-state index in [1.807, 2.05) is 0 Å². The second-order valence-corrected chi connectivity index (χ2v) is 6.06. The molecule has 1 amide bonds. The molecule has 2 heterocycles. The van der Waals surface area contributed by atoms with Gasteiger partial charge in [-0.25, -0.2) is 4.39 Å². The lowest BCUT2D eigenvalue weighted by molar-refractivity contribution is -0.144. The zero-order valence-corrected chi connectivity index (χ0v) is 13.2. The van der Waals surface area contributed by atoms with E-state index in [0.29, 0.717) is 38.0 Å². The highest BCUT2D eigenvalue weighted by Gasteiger charge is 2.37. The largest absolute Gasteiger partial charge is 0.481 e. The standard InChI is InChI=1S/C17H20FNO5/c18-13-3-1-2-11-10-14(24-16(11)13)17(22)19(7-4-15(20)21)12-5-8-23-9-6-12/h1-3,12,14H,4-10H2,(H,20,21)/t14-/m1/s1. The smallest absolute Gasteiger partial charge is 0.305 e. The van der Waals surface area contributed by atoms with Crippen LogP contribution in [0.2, 0.25) is 0 Å². The number of benzene rings is 1. The third-order valence-electron chi connectivity index (χ3n) is 4.47. The Morgan fingerprint density at radius 1 is 1.29 bits per heavy atom. The zero-order valence-electron chi connectivity index (χ0n) is 13.2. The van der Waals surface area contributed by atoms with Gasteiger partial charge in [0.05, 0.1) is 6.42 Å². The number of hydrogen-bond donors (Lipinski definition) is 1. The van der Waals surface area contributed by atoms with Crippen LogP contribution in [-0.2, 0) is 20.7 Å². The maximum absolute atomic E-state index is 13.8. The van der Waals surface area contributed by atoms with Crippen LogP contribution in [0.5, 0.6) is 5.75 Å². The minimum absolute atomic E-state index is 0.0669. The van der Waals surface area contributed by atoms with E-state index in [9.17, 15) is 14.0 Å². The van der Waals surface area contributed by atoms with Gasteiger partial charge in [0, 0.05) is 37.8 Å². The van der Waals surface area contributed by atoms with Gasteiger partial charge >= 0.3 is 5.97 Å². The number of hydrogen-bond acceptors (Lipinski definition) is 4. The molecule has 7 heteroatoms. The van der Waals surface area contributed by atoms with E-state index >= 15 is 0 Å². The van der Waals surface area contributed by atoms with Crippen LogP contribution in [0.3, 0.4) is 0 Å². The highest BCUT2D eigenvalue weighted by molar-refractivity contribution is 5.83. The van der Waals surface area contributed by atoms with Crippen molar-refractivity contribution in [2.45, 2.75) is 37.8 Å². The molecule has 1 aromatic rings. The van der Waals surface area contributed by atoms with Crippen LogP contribution in [0.4, 0.5) is 4.39 Å². The Kier molecular flexibility index (Phi) is 4.99. The number of carbonyl (C=O) groups excluding carboxylic acids is 1. The quantitative estimate of drug-likeness (QED) is 0.883. The van der Waals surface area contributed by atoms with Gasteiger partial charge in [-0.05, 0) is 18.9 Å².